The van der Waals surface area contributed by atoms with E-state index in [1.54, 1.807) is 0 Å². The minimum absolute atomic E-state index is 0.00642. The third kappa shape index (κ3) is 3.29. The Morgan fingerprint density at radius 2 is 1.96 bits per heavy atom. The Morgan fingerprint density at radius 1 is 1.26 bits per heavy atom. The van der Waals surface area contributed by atoms with Crippen molar-refractivity contribution in [3.63, 3.8) is 0 Å². The summed E-state index contributed by atoms with van der Waals surface area (Å²) < 4.78 is 1.88. The van der Waals surface area contributed by atoms with Gasteiger partial charge in [-0.25, -0.2) is 4.68 Å². The molecule has 1 aliphatic rings. The molecule has 1 aromatic heterocycles. The van der Waals surface area contributed by atoms with Crippen molar-refractivity contribution in [2.75, 3.05) is 18.4 Å². The van der Waals surface area contributed by atoms with Gasteiger partial charge in [0, 0.05) is 23.6 Å². The highest BCUT2D eigenvalue weighted by Gasteiger charge is 2.29. The Bertz CT molecular complexity index is 674. The standard InChI is InChI=1S/C18H24N4O/c1-12(2)22-17(20-18(23)13(3)15-10-19-11-15)9-16(21-22)14-7-5-4-6-8-14/h4-9,12-13,15,19H,10-11H2,1-3H3,(H,20,23). The highest BCUT2D eigenvalue weighted by Crippen LogP contribution is 2.25. The number of hydrogen-bond donors (Lipinski definition) is 2. The molecule has 0 radical (unpaired) electrons. The van der Waals surface area contributed by atoms with Crippen molar-refractivity contribution in [3.05, 3.63) is 36.4 Å². The minimum Gasteiger partial charge on any atom is -0.316 e. The van der Waals surface area contributed by atoms with E-state index in [0.717, 1.165) is 30.2 Å². The number of nitrogens with one attached hydrogen (secondary N) is 2. The van der Waals surface area contributed by atoms with Crippen LogP contribution >= 0.6 is 0 Å². The molecule has 0 spiro atoms. The number of nitrogens with zero attached hydrogens (tertiary/aromatic N) is 2. The average Bonchev–Trinajstić information content (AvgIpc) is 2.90. The molecular formula is C18H24N4O. The second kappa shape index (κ2) is 6.54. The molecular weight excluding hydrogens is 288 g/mol. The molecule has 3 rings (SSSR count). The number of carbonyl (C=O) groups is 1. The molecule has 2 N–H and O–H groups in total. The highest BCUT2D eigenvalue weighted by atomic mass is 16.2. The summed E-state index contributed by atoms with van der Waals surface area (Å²) in [6.07, 6.45) is 0. The van der Waals surface area contributed by atoms with E-state index >= 15 is 0 Å². The van der Waals surface area contributed by atoms with E-state index in [0.29, 0.717) is 5.92 Å². The first kappa shape index (κ1) is 15.7. The summed E-state index contributed by atoms with van der Waals surface area (Å²) in [5.74, 6) is 1.27. The molecule has 1 saturated heterocycles. The molecule has 1 fully saturated rings. The molecule has 2 aromatic rings. The van der Waals surface area contributed by atoms with E-state index < -0.39 is 0 Å². The van der Waals surface area contributed by atoms with Gasteiger partial charge in [0.1, 0.15) is 5.82 Å². The van der Waals surface area contributed by atoms with Crippen LogP contribution in [0, 0.1) is 11.8 Å². The first-order chi connectivity index (χ1) is 11.1. The van der Waals surface area contributed by atoms with E-state index in [1.807, 2.05) is 48.0 Å². The summed E-state index contributed by atoms with van der Waals surface area (Å²) in [6, 6.07) is 12.2. The SMILES string of the molecule is CC(C(=O)Nc1cc(-c2ccccc2)nn1C(C)C)C1CNC1. The van der Waals surface area contributed by atoms with Gasteiger partial charge in [0.05, 0.1) is 5.69 Å². The topological polar surface area (TPSA) is 59.0 Å². The molecule has 2 heterocycles. The summed E-state index contributed by atoms with van der Waals surface area (Å²) in [6.45, 7) is 7.98. The smallest absolute Gasteiger partial charge is 0.228 e. The highest BCUT2D eigenvalue weighted by molar-refractivity contribution is 5.92. The van der Waals surface area contributed by atoms with Crippen molar-refractivity contribution >= 4 is 11.7 Å². The van der Waals surface area contributed by atoms with Gasteiger partial charge < -0.3 is 10.6 Å². The largest absolute Gasteiger partial charge is 0.316 e. The monoisotopic (exact) mass is 312 g/mol. The lowest BCUT2D eigenvalue weighted by Crippen LogP contribution is -2.48. The Balaban J connectivity index is 1.83. The van der Waals surface area contributed by atoms with Crippen LogP contribution in [-0.4, -0.2) is 28.8 Å². The molecule has 1 aliphatic heterocycles. The van der Waals surface area contributed by atoms with Crippen molar-refractivity contribution in [1.29, 1.82) is 0 Å². The second-order valence-electron chi connectivity index (χ2n) is 6.52. The van der Waals surface area contributed by atoms with Crippen LogP contribution in [0.5, 0.6) is 0 Å². The van der Waals surface area contributed by atoms with Gasteiger partial charge in [-0.1, -0.05) is 37.3 Å². The zero-order valence-electron chi connectivity index (χ0n) is 13.9. The van der Waals surface area contributed by atoms with Crippen LogP contribution in [-0.2, 0) is 4.79 Å². The average molecular weight is 312 g/mol. The molecule has 1 atom stereocenters. The number of anilines is 1. The van der Waals surface area contributed by atoms with Gasteiger partial charge in [0.25, 0.3) is 0 Å². The number of rotatable bonds is 5. The zero-order valence-corrected chi connectivity index (χ0v) is 13.9. The fraction of sp³-hybridized carbons (Fsp3) is 0.444. The first-order valence-corrected chi connectivity index (χ1v) is 8.23. The molecule has 1 amide bonds. The van der Waals surface area contributed by atoms with Crippen molar-refractivity contribution in [2.45, 2.75) is 26.8 Å². The number of amides is 1. The third-order valence-corrected chi connectivity index (χ3v) is 4.48. The normalized spacial score (nSPS) is 16.2. The summed E-state index contributed by atoms with van der Waals surface area (Å²) in [4.78, 5) is 12.5. The Labute approximate surface area is 137 Å². The summed E-state index contributed by atoms with van der Waals surface area (Å²) >= 11 is 0. The fourth-order valence-electron chi connectivity index (χ4n) is 2.75. The fourth-order valence-corrected chi connectivity index (χ4v) is 2.75. The van der Waals surface area contributed by atoms with E-state index in [2.05, 4.69) is 29.6 Å². The third-order valence-electron chi connectivity index (χ3n) is 4.48. The first-order valence-electron chi connectivity index (χ1n) is 8.23. The van der Waals surface area contributed by atoms with E-state index in [-0.39, 0.29) is 17.9 Å². The van der Waals surface area contributed by atoms with Crippen LogP contribution in [0.25, 0.3) is 11.3 Å². The maximum atomic E-state index is 12.5. The molecule has 0 saturated carbocycles. The molecule has 122 valence electrons. The predicted molar refractivity (Wildman–Crippen MR) is 92.2 cm³/mol. The maximum absolute atomic E-state index is 12.5. The van der Waals surface area contributed by atoms with Crippen LogP contribution < -0.4 is 10.6 Å². The van der Waals surface area contributed by atoms with E-state index in [1.165, 1.54) is 0 Å². The van der Waals surface area contributed by atoms with Gasteiger partial charge >= 0.3 is 0 Å². The number of aromatic nitrogens is 2. The number of carbonyl (C=O) groups excluding carboxylic acids is 1. The Kier molecular flexibility index (Phi) is 4.48. The van der Waals surface area contributed by atoms with Crippen molar-refractivity contribution in [2.24, 2.45) is 11.8 Å². The van der Waals surface area contributed by atoms with Crippen LogP contribution in [0.4, 0.5) is 5.82 Å². The van der Waals surface area contributed by atoms with Gasteiger partial charge in [-0.3, -0.25) is 4.79 Å². The van der Waals surface area contributed by atoms with Gasteiger partial charge in [-0.05, 0) is 32.9 Å². The second-order valence-corrected chi connectivity index (χ2v) is 6.52. The van der Waals surface area contributed by atoms with Crippen molar-refractivity contribution < 1.29 is 4.79 Å². The van der Waals surface area contributed by atoms with Crippen LogP contribution in [0.2, 0.25) is 0 Å². The lowest BCUT2D eigenvalue weighted by Gasteiger charge is -2.31. The summed E-state index contributed by atoms with van der Waals surface area (Å²) in [5.41, 5.74) is 1.94. The van der Waals surface area contributed by atoms with Crippen LogP contribution in [0.1, 0.15) is 26.8 Å². The number of hydrogen-bond acceptors (Lipinski definition) is 3. The van der Waals surface area contributed by atoms with E-state index in [9.17, 15) is 4.79 Å². The number of benzene rings is 1. The Hall–Kier alpha value is -2.14. The van der Waals surface area contributed by atoms with Gasteiger partial charge in [-0.15, -0.1) is 0 Å². The summed E-state index contributed by atoms with van der Waals surface area (Å²) in [5, 5.41) is 10.9. The molecule has 0 bridgehead atoms. The van der Waals surface area contributed by atoms with Crippen molar-refractivity contribution in [1.82, 2.24) is 15.1 Å². The minimum atomic E-state index is 0.00642. The lowest BCUT2D eigenvalue weighted by atomic mass is 9.88. The lowest BCUT2D eigenvalue weighted by molar-refractivity contribution is -0.121. The predicted octanol–water partition coefficient (Wildman–Crippen LogP) is 2.93. The maximum Gasteiger partial charge on any atom is 0.228 e. The summed E-state index contributed by atoms with van der Waals surface area (Å²) in [7, 11) is 0. The molecule has 5 nitrogen and oxygen atoms in total. The quantitative estimate of drug-likeness (QED) is 0.892. The Morgan fingerprint density at radius 3 is 2.52 bits per heavy atom. The van der Waals surface area contributed by atoms with Gasteiger partial charge in [0.2, 0.25) is 5.91 Å². The molecule has 23 heavy (non-hydrogen) atoms. The van der Waals surface area contributed by atoms with Crippen LogP contribution in [0.3, 0.4) is 0 Å². The van der Waals surface area contributed by atoms with Crippen LogP contribution in [0.15, 0.2) is 36.4 Å². The van der Waals surface area contributed by atoms with E-state index in [4.69, 9.17) is 0 Å². The molecule has 0 aliphatic carbocycles. The zero-order chi connectivity index (χ0) is 16.4. The van der Waals surface area contributed by atoms with Crippen molar-refractivity contribution in [3.8, 4) is 11.3 Å². The van der Waals surface area contributed by atoms with Gasteiger partial charge in [-0.2, -0.15) is 5.10 Å². The molecule has 5 heteroatoms. The van der Waals surface area contributed by atoms with Gasteiger partial charge in [0.15, 0.2) is 0 Å². The molecule has 1 unspecified atom stereocenters. The molecule has 1 aromatic carbocycles.